The van der Waals surface area contributed by atoms with Gasteiger partial charge in [-0.25, -0.2) is 13.1 Å². The van der Waals surface area contributed by atoms with Gasteiger partial charge in [-0.05, 0) is 44.4 Å². The molecule has 1 spiro atoms. The monoisotopic (exact) mass is 346 g/mol. The van der Waals surface area contributed by atoms with Crippen LogP contribution in [0.2, 0.25) is 0 Å². The van der Waals surface area contributed by atoms with Gasteiger partial charge in [-0.1, -0.05) is 0 Å². The van der Waals surface area contributed by atoms with Gasteiger partial charge in [0.05, 0.1) is 18.0 Å². The fourth-order valence-corrected chi connectivity index (χ4v) is 4.68. The second-order valence-corrected chi connectivity index (χ2v) is 9.31. The van der Waals surface area contributed by atoms with Crippen molar-refractivity contribution in [3.05, 3.63) is 0 Å². The Morgan fingerprint density at radius 3 is 2.74 bits per heavy atom. The lowest BCUT2D eigenvalue weighted by molar-refractivity contribution is -0.118. The van der Waals surface area contributed by atoms with Crippen molar-refractivity contribution >= 4 is 10.0 Å². The largest absolute Gasteiger partial charge is 0.381 e. The molecule has 7 heteroatoms. The van der Waals surface area contributed by atoms with E-state index in [2.05, 4.69) is 9.62 Å². The maximum Gasteiger partial charge on any atom is 0.208 e. The fourth-order valence-electron chi connectivity index (χ4n) is 4.19. The van der Waals surface area contributed by atoms with Gasteiger partial charge < -0.3 is 14.4 Å². The van der Waals surface area contributed by atoms with Crippen LogP contribution in [0, 0.1) is 5.92 Å². The van der Waals surface area contributed by atoms with Crippen LogP contribution in [0.25, 0.3) is 0 Å². The average molecular weight is 346 g/mol. The van der Waals surface area contributed by atoms with Crippen LogP contribution in [0.15, 0.2) is 0 Å². The van der Waals surface area contributed by atoms with Crippen LogP contribution in [-0.2, 0) is 19.5 Å². The lowest BCUT2D eigenvalue weighted by Crippen LogP contribution is -2.47. The first kappa shape index (κ1) is 17.6. The highest BCUT2D eigenvalue weighted by molar-refractivity contribution is 7.88. The molecule has 3 heterocycles. The Morgan fingerprint density at radius 2 is 2.00 bits per heavy atom. The quantitative estimate of drug-likeness (QED) is 0.804. The summed E-state index contributed by atoms with van der Waals surface area (Å²) in [5, 5.41) is 0. The van der Waals surface area contributed by atoms with Crippen LogP contribution < -0.4 is 4.72 Å². The predicted octanol–water partition coefficient (Wildman–Crippen LogP) is 0.976. The van der Waals surface area contributed by atoms with E-state index in [9.17, 15) is 8.42 Å². The van der Waals surface area contributed by atoms with Gasteiger partial charge in [0.1, 0.15) is 0 Å². The zero-order valence-electron chi connectivity index (χ0n) is 14.1. The van der Waals surface area contributed by atoms with Crippen LogP contribution in [0.5, 0.6) is 0 Å². The normalized spacial score (nSPS) is 34.2. The molecule has 0 saturated carbocycles. The van der Waals surface area contributed by atoms with Gasteiger partial charge in [-0.3, -0.25) is 0 Å². The van der Waals surface area contributed by atoms with E-state index in [0.717, 1.165) is 64.4 Å². The van der Waals surface area contributed by atoms with Crippen LogP contribution in [0.1, 0.15) is 38.5 Å². The third-order valence-electron chi connectivity index (χ3n) is 5.40. The highest BCUT2D eigenvalue weighted by Crippen LogP contribution is 2.37. The van der Waals surface area contributed by atoms with Gasteiger partial charge in [-0.2, -0.15) is 0 Å². The van der Waals surface area contributed by atoms with Gasteiger partial charge in [0, 0.05) is 39.4 Å². The topological polar surface area (TPSA) is 67.9 Å². The molecular formula is C16H30N2O4S. The highest BCUT2D eigenvalue weighted by Gasteiger charge is 2.43. The fraction of sp³-hybridized carbons (Fsp3) is 1.00. The second kappa shape index (κ2) is 7.35. The van der Waals surface area contributed by atoms with E-state index in [1.54, 1.807) is 0 Å². The van der Waals surface area contributed by atoms with Crippen LogP contribution in [0.4, 0.5) is 0 Å². The highest BCUT2D eigenvalue weighted by atomic mass is 32.2. The molecule has 2 atom stereocenters. The van der Waals surface area contributed by atoms with E-state index in [1.807, 2.05) is 0 Å². The molecule has 3 aliphatic rings. The Hall–Kier alpha value is -0.210. The number of ether oxygens (including phenoxy) is 2. The number of nitrogens with zero attached hydrogens (tertiary/aromatic N) is 1. The van der Waals surface area contributed by atoms with E-state index < -0.39 is 10.0 Å². The van der Waals surface area contributed by atoms with Gasteiger partial charge in [0.15, 0.2) is 0 Å². The summed E-state index contributed by atoms with van der Waals surface area (Å²) in [6.07, 6.45) is 7.82. The van der Waals surface area contributed by atoms with Crippen molar-refractivity contribution in [3.63, 3.8) is 0 Å². The Balaban J connectivity index is 1.49. The molecule has 0 aromatic carbocycles. The minimum atomic E-state index is -3.14. The molecule has 0 aromatic heterocycles. The third-order valence-corrected chi connectivity index (χ3v) is 6.09. The van der Waals surface area contributed by atoms with Crippen molar-refractivity contribution in [2.75, 3.05) is 45.6 Å². The Kier molecular flexibility index (Phi) is 5.63. The average Bonchev–Trinajstić information content (AvgIpc) is 2.88. The van der Waals surface area contributed by atoms with Crippen LogP contribution in [-0.4, -0.2) is 70.7 Å². The number of hydrogen-bond acceptors (Lipinski definition) is 5. The van der Waals surface area contributed by atoms with Crippen molar-refractivity contribution in [1.82, 2.24) is 9.62 Å². The molecule has 0 radical (unpaired) electrons. The molecule has 134 valence electrons. The molecule has 3 rings (SSSR count). The van der Waals surface area contributed by atoms with Crippen LogP contribution in [0.3, 0.4) is 0 Å². The summed E-state index contributed by atoms with van der Waals surface area (Å²) >= 11 is 0. The maximum atomic E-state index is 11.3. The van der Waals surface area contributed by atoms with Crippen molar-refractivity contribution in [2.45, 2.75) is 50.2 Å². The molecule has 3 fully saturated rings. The minimum absolute atomic E-state index is 0.0153. The lowest BCUT2D eigenvalue weighted by Gasteiger charge is -2.39. The molecule has 6 nitrogen and oxygen atoms in total. The van der Waals surface area contributed by atoms with E-state index in [1.165, 1.54) is 19.1 Å². The summed E-state index contributed by atoms with van der Waals surface area (Å²) in [5.74, 6) is 0.755. The van der Waals surface area contributed by atoms with Gasteiger partial charge >= 0.3 is 0 Å². The number of sulfonamides is 1. The summed E-state index contributed by atoms with van der Waals surface area (Å²) < 4.78 is 36.9. The molecule has 3 aliphatic heterocycles. The molecule has 3 saturated heterocycles. The Bertz CT molecular complexity index is 492. The number of rotatable bonds is 5. The smallest absolute Gasteiger partial charge is 0.208 e. The van der Waals surface area contributed by atoms with Crippen molar-refractivity contribution < 1.29 is 17.9 Å². The van der Waals surface area contributed by atoms with E-state index in [4.69, 9.17) is 9.47 Å². The standard InChI is InChI=1S/C16H30N2O4S/c1-23(19,20)17-11-15-3-2-6-16(22-15)7-8-18(13-16)12-14-4-9-21-10-5-14/h14-15,17H,2-13H2,1H3/t15-,16+/m0/s1. The van der Waals surface area contributed by atoms with E-state index in [-0.39, 0.29) is 11.7 Å². The van der Waals surface area contributed by atoms with Gasteiger partial charge in [0.2, 0.25) is 10.0 Å². The Labute approximate surface area is 139 Å². The van der Waals surface area contributed by atoms with Crippen molar-refractivity contribution in [1.29, 1.82) is 0 Å². The summed E-state index contributed by atoms with van der Waals surface area (Å²) in [6.45, 7) is 5.46. The molecule has 0 amide bonds. The summed E-state index contributed by atoms with van der Waals surface area (Å²) in [7, 11) is -3.14. The molecule has 0 aliphatic carbocycles. The van der Waals surface area contributed by atoms with E-state index in [0.29, 0.717) is 6.54 Å². The predicted molar refractivity (Wildman–Crippen MR) is 88.9 cm³/mol. The van der Waals surface area contributed by atoms with E-state index >= 15 is 0 Å². The minimum Gasteiger partial charge on any atom is -0.381 e. The molecule has 0 aromatic rings. The summed E-state index contributed by atoms with van der Waals surface area (Å²) in [6, 6.07) is 0. The van der Waals surface area contributed by atoms with Crippen molar-refractivity contribution in [3.8, 4) is 0 Å². The zero-order valence-corrected chi connectivity index (χ0v) is 14.9. The number of hydrogen-bond donors (Lipinski definition) is 1. The molecule has 0 bridgehead atoms. The summed E-state index contributed by atoms with van der Waals surface area (Å²) in [5.41, 5.74) is -0.0483. The Morgan fingerprint density at radius 1 is 1.22 bits per heavy atom. The molecule has 23 heavy (non-hydrogen) atoms. The summed E-state index contributed by atoms with van der Waals surface area (Å²) in [4.78, 5) is 2.54. The van der Waals surface area contributed by atoms with Crippen LogP contribution >= 0.6 is 0 Å². The van der Waals surface area contributed by atoms with Gasteiger partial charge in [-0.15, -0.1) is 0 Å². The molecule has 1 N–H and O–H groups in total. The first-order valence-corrected chi connectivity index (χ1v) is 10.8. The first-order chi connectivity index (χ1) is 10.9. The SMILES string of the molecule is CS(=O)(=O)NC[C@@H]1CCC[C@]2(CCN(CC3CCOCC3)C2)O1. The number of likely N-dealkylation sites (tertiary alicyclic amines) is 1. The number of nitrogens with one attached hydrogen (secondary N) is 1. The van der Waals surface area contributed by atoms with Gasteiger partial charge in [0.25, 0.3) is 0 Å². The van der Waals surface area contributed by atoms with Crippen molar-refractivity contribution in [2.24, 2.45) is 5.92 Å². The molecular weight excluding hydrogens is 316 g/mol. The second-order valence-electron chi connectivity index (χ2n) is 7.48. The first-order valence-electron chi connectivity index (χ1n) is 8.87. The molecule has 0 unspecified atom stereocenters. The maximum absolute atomic E-state index is 11.3. The third kappa shape index (κ3) is 5.13. The lowest BCUT2D eigenvalue weighted by atomic mass is 9.90. The zero-order chi connectivity index (χ0) is 16.3.